The highest BCUT2D eigenvalue weighted by atomic mass is 32.1. The van der Waals surface area contributed by atoms with Crippen LogP contribution in [0.25, 0.3) is 5.65 Å². The molecule has 3 aromatic rings. The molecule has 1 amide bonds. The van der Waals surface area contributed by atoms with E-state index in [4.69, 9.17) is 0 Å². The first-order valence-corrected chi connectivity index (χ1v) is 9.58. The van der Waals surface area contributed by atoms with Crippen molar-refractivity contribution in [3.63, 3.8) is 0 Å². The van der Waals surface area contributed by atoms with Crippen molar-refractivity contribution in [3.05, 3.63) is 58.4 Å². The SMILES string of the molecule is O=C(c1nc2ccccn2c1F)N1CCCC[C@H]1CCc1cccs1. The molecule has 0 aliphatic carbocycles. The molecule has 0 aromatic carbocycles. The molecule has 1 aliphatic heterocycles. The molecule has 4 heterocycles. The molecule has 0 bridgehead atoms. The van der Waals surface area contributed by atoms with Crippen LogP contribution in [-0.2, 0) is 6.42 Å². The van der Waals surface area contributed by atoms with E-state index >= 15 is 0 Å². The third-order valence-corrected chi connectivity index (χ3v) is 5.80. The van der Waals surface area contributed by atoms with E-state index in [1.807, 2.05) is 4.90 Å². The van der Waals surface area contributed by atoms with E-state index in [0.29, 0.717) is 12.2 Å². The molecule has 0 saturated carbocycles. The number of thiophene rings is 1. The van der Waals surface area contributed by atoms with Crippen molar-refractivity contribution in [3.8, 4) is 0 Å². The van der Waals surface area contributed by atoms with Crippen LogP contribution in [0.15, 0.2) is 41.9 Å². The number of amides is 1. The number of fused-ring (bicyclic) bond motifs is 1. The van der Waals surface area contributed by atoms with Crippen molar-refractivity contribution in [2.24, 2.45) is 0 Å². The van der Waals surface area contributed by atoms with E-state index in [0.717, 1.165) is 32.1 Å². The van der Waals surface area contributed by atoms with Gasteiger partial charge in [-0.05, 0) is 55.7 Å². The highest BCUT2D eigenvalue weighted by Crippen LogP contribution is 2.25. The van der Waals surface area contributed by atoms with E-state index < -0.39 is 5.95 Å². The number of imidazole rings is 1. The molecule has 4 rings (SSSR count). The lowest BCUT2D eigenvalue weighted by Crippen LogP contribution is -2.44. The molecule has 1 saturated heterocycles. The van der Waals surface area contributed by atoms with Gasteiger partial charge in [-0.25, -0.2) is 4.98 Å². The van der Waals surface area contributed by atoms with E-state index in [1.165, 1.54) is 9.28 Å². The minimum Gasteiger partial charge on any atom is -0.334 e. The van der Waals surface area contributed by atoms with Crippen LogP contribution in [0, 0.1) is 5.95 Å². The van der Waals surface area contributed by atoms with Gasteiger partial charge in [0.1, 0.15) is 5.65 Å². The number of rotatable bonds is 4. The zero-order chi connectivity index (χ0) is 17.2. The number of aromatic nitrogens is 2. The third-order valence-electron chi connectivity index (χ3n) is 4.87. The summed E-state index contributed by atoms with van der Waals surface area (Å²) in [5.41, 5.74) is 0.407. The number of pyridine rings is 1. The van der Waals surface area contributed by atoms with Gasteiger partial charge < -0.3 is 4.90 Å². The van der Waals surface area contributed by atoms with Gasteiger partial charge in [-0.1, -0.05) is 12.1 Å². The second kappa shape index (κ2) is 6.96. The molecule has 1 atom stereocenters. The van der Waals surface area contributed by atoms with Gasteiger partial charge in [0.05, 0.1) is 0 Å². The summed E-state index contributed by atoms with van der Waals surface area (Å²) < 4.78 is 16.0. The van der Waals surface area contributed by atoms with Crippen LogP contribution in [0.5, 0.6) is 0 Å². The van der Waals surface area contributed by atoms with Gasteiger partial charge in [-0.3, -0.25) is 9.20 Å². The summed E-state index contributed by atoms with van der Waals surface area (Å²) in [5, 5.41) is 2.07. The van der Waals surface area contributed by atoms with E-state index in [1.54, 1.807) is 35.7 Å². The molecular weight excluding hydrogens is 337 g/mol. The van der Waals surface area contributed by atoms with Crippen molar-refractivity contribution in [2.45, 2.75) is 38.1 Å². The van der Waals surface area contributed by atoms with Crippen LogP contribution in [0.4, 0.5) is 4.39 Å². The number of aryl methyl sites for hydroxylation is 1. The normalized spacial score (nSPS) is 18.0. The quantitative estimate of drug-likeness (QED) is 0.703. The summed E-state index contributed by atoms with van der Waals surface area (Å²) >= 11 is 1.74. The Balaban J connectivity index is 1.56. The lowest BCUT2D eigenvalue weighted by atomic mass is 9.97. The Morgan fingerprint density at radius 3 is 3.00 bits per heavy atom. The molecule has 130 valence electrons. The molecule has 6 heteroatoms. The van der Waals surface area contributed by atoms with Crippen LogP contribution in [0.2, 0.25) is 0 Å². The number of halogens is 1. The molecule has 1 fully saturated rings. The maximum atomic E-state index is 14.6. The van der Waals surface area contributed by atoms with Crippen LogP contribution < -0.4 is 0 Å². The van der Waals surface area contributed by atoms with Crippen molar-refractivity contribution in [1.82, 2.24) is 14.3 Å². The second-order valence-corrected chi connectivity index (χ2v) is 7.48. The highest BCUT2D eigenvalue weighted by Gasteiger charge is 2.31. The van der Waals surface area contributed by atoms with Gasteiger partial charge in [-0.2, -0.15) is 4.39 Å². The molecular formula is C19H20FN3OS. The Morgan fingerprint density at radius 2 is 2.20 bits per heavy atom. The number of piperidine rings is 1. The number of carbonyl (C=O) groups excluding carboxylic acids is 1. The Bertz CT molecular complexity index is 874. The molecule has 25 heavy (non-hydrogen) atoms. The van der Waals surface area contributed by atoms with Crippen LogP contribution in [0.3, 0.4) is 0 Å². The van der Waals surface area contributed by atoms with Crippen LogP contribution in [0.1, 0.15) is 41.0 Å². The minimum absolute atomic E-state index is 0.0609. The molecule has 0 radical (unpaired) electrons. The number of hydrogen-bond acceptors (Lipinski definition) is 3. The summed E-state index contributed by atoms with van der Waals surface area (Å²) in [6.07, 6.45) is 6.54. The van der Waals surface area contributed by atoms with Crippen molar-refractivity contribution >= 4 is 22.9 Å². The summed E-state index contributed by atoms with van der Waals surface area (Å²) in [6.45, 7) is 0.682. The molecule has 0 unspecified atom stereocenters. The summed E-state index contributed by atoms with van der Waals surface area (Å²) in [5.74, 6) is -0.847. The molecule has 0 spiro atoms. The number of hydrogen-bond donors (Lipinski definition) is 0. The standard InChI is InChI=1S/C19H20FN3OS/c20-18-17(21-16-8-2-4-12-23(16)18)19(24)22-11-3-1-6-14(22)9-10-15-7-5-13-25-15/h2,4-5,7-8,12-14H,1,3,6,9-11H2/t14-/m0/s1. The zero-order valence-electron chi connectivity index (χ0n) is 13.9. The Hall–Kier alpha value is -2.21. The molecule has 4 nitrogen and oxygen atoms in total. The first kappa shape index (κ1) is 16.3. The Kier molecular flexibility index (Phi) is 4.53. The molecule has 0 N–H and O–H groups in total. The van der Waals surface area contributed by atoms with Gasteiger partial charge >= 0.3 is 0 Å². The van der Waals surface area contributed by atoms with Crippen molar-refractivity contribution in [1.29, 1.82) is 0 Å². The summed E-state index contributed by atoms with van der Waals surface area (Å²) in [7, 11) is 0. The van der Waals surface area contributed by atoms with E-state index in [2.05, 4.69) is 22.5 Å². The first-order valence-electron chi connectivity index (χ1n) is 8.70. The van der Waals surface area contributed by atoms with Gasteiger partial charge in [0.15, 0.2) is 5.69 Å². The highest BCUT2D eigenvalue weighted by molar-refractivity contribution is 7.09. The third kappa shape index (κ3) is 3.18. The number of likely N-dealkylation sites (tertiary alicyclic amines) is 1. The minimum atomic E-state index is -0.566. The van der Waals surface area contributed by atoms with Crippen molar-refractivity contribution < 1.29 is 9.18 Å². The van der Waals surface area contributed by atoms with Crippen LogP contribution >= 0.6 is 11.3 Å². The predicted molar refractivity (Wildman–Crippen MR) is 96.5 cm³/mol. The van der Waals surface area contributed by atoms with E-state index in [9.17, 15) is 9.18 Å². The molecule has 3 aromatic heterocycles. The maximum Gasteiger partial charge on any atom is 0.277 e. The van der Waals surface area contributed by atoms with Crippen molar-refractivity contribution in [2.75, 3.05) is 6.54 Å². The fourth-order valence-corrected chi connectivity index (χ4v) is 4.29. The number of nitrogens with zero attached hydrogens (tertiary/aromatic N) is 3. The Morgan fingerprint density at radius 1 is 1.28 bits per heavy atom. The van der Waals surface area contributed by atoms with Gasteiger partial charge in [0, 0.05) is 23.7 Å². The average Bonchev–Trinajstić information content (AvgIpc) is 3.28. The van der Waals surface area contributed by atoms with Gasteiger partial charge in [0.2, 0.25) is 5.95 Å². The predicted octanol–water partition coefficient (Wildman–Crippen LogP) is 4.16. The lowest BCUT2D eigenvalue weighted by molar-refractivity contribution is 0.0591. The van der Waals surface area contributed by atoms with Gasteiger partial charge in [-0.15, -0.1) is 11.3 Å². The smallest absolute Gasteiger partial charge is 0.277 e. The van der Waals surface area contributed by atoms with Gasteiger partial charge in [0.25, 0.3) is 5.91 Å². The largest absolute Gasteiger partial charge is 0.334 e. The average molecular weight is 357 g/mol. The number of carbonyl (C=O) groups is 1. The fraction of sp³-hybridized carbons (Fsp3) is 0.368. The monoisotopic (exact) mass is 357 g/mol. The summed E-state index contributed by atoms with van der Waals surface area (Å²) in [6, 6.07) is 9.58. The second-order valence-electron chi connectivity index (χ2n) is 6.45. The maximum absolute atomic E-state index is 14.6. The lowest BCUT2D eigenvalue weighted by Gasteiger charge is -2.35. The summed E-state index contributed by atoms with van der Waals surface area (Å²) in [4.78, 5) is 20.4. The molecule has 1 aliphatic rings. The van der Waals surface area contributed by atoms with Crippen LogP contribution in [-0.4, -0.2) is 32.8 Å². The fourth-order valence-electron chi connectivity index (χ4n) is 3.57. The topological polar surface area (TPSA) is 37.6 Å². The Labute approximate surface area is 149 Å². The first-order chi connectivity index (χ1) is 12.2. The van der Waals surface area contributed by atoms with E-state index in [-0.39, 0.29) is 17.6 Å². The zero-order valence-corrected chi connectivity index (χ0v) is 14.7.